The number of carbonyl (C=O) groups is 1. The van der Waals surface area contributed by atoms with Crippen molar-refractivity contribution in [2.24, 2.45) is 5.92 Å². The lowest BCUT2D eigenvalue weighted by molar-refractivity contribution is -0.376. The molecule has 0 radical (unpaired) electrons. The number of nitrogens with zero attached hydrogens (tertiary/aromatic N) is 1. The maximum atomic E-state index is 13.0. The van der Waals surface area contributed by atoms with Crippen molar-refractivity contribution < 1.29 is 36.2 Å². The van der Waals surface area contributed by atoms with Gasteiger partial charge >= 0.3 is 12.4 Å². The minimum atomic E-state index is -5.93. The van der Waals surface area contributed by atoms with Gasteiger partial charge in [-0.25, -0.2) is 0 Å². The Kier molecular flexibility index (Phi) is 4.71. The van der Waals surface area contributed by atoms with Crippen molar-refractivity contribution >= 4 is 23.4 Å². The smallest absolute Gasteiger partial charge is 0.369 e. The number of alkyl halides is 6. The predicted molar refractivity (Wildman–Crippen MR) is 82.9 cm³/mol. The molecule has 26 heavy (non-hydrogen) atoms. The van der Waals surface area contributed by atoms with Gasteiger partial charge in [-0.2, -0.15) is 26.3 Å². The number of aliphatic hydroxyl groups is 1. The first-order chi connectivity index (χ1) is 12.0. The zero-order chi connectivity index (χ0) is 19.3. The van der Waals surface area contributed by atoms with Crippen molar-refractivity contribution in [2.75, 3.05) is 17.2 Å². The number of carbonyl (C=O) groups excluding carboxylic acids is 1. The van der Waals surface area contributed by atoms with E-state index in [9.17, 15) is 36.2 Å². The van der Waals surface area contributed by atoms with E-state index in [1.54, 1.807) is 0 Å². The Balaban J connectivity index is 2.01. The molecule has 0 bridgehead atoms. The number of thioether (sulfide) groups is 1. The van der Waals surface area contributed by atoms with Crippen LogP contribution >= 0.6 is 11.8 Å². The fourth-order valence-electron chi connectivity index (χ4n) is 3.04. The Morgan fingerprint density at radius 3 is 2.23 bits per heavy atom. The van der Waals surface area contributed by atoms with Gasteiger partial charge in [0.05, 0.1) is 5.69 Å². The van der Waals surface area contributed by atoms with E-state index in [4.69, 9.17) is 0 Å². The van der Waals surface area contributed by atoms with Crippen molar-refractivity contribution in [2.45, 2.75) is 42.1 Å². The second-order valence-electron chi connectivity index (χ2n) is 6.35. The molecule has 1 aliphatic carbocycles. The van der Waals surface area contributed by atoms with Crippen LogP contribution in [-0.4, -0.2) is 35.7 Å². The molecular weight excluding hydrogens is 384 g/mol. The summed E-state index contributed by atoms with van der Waals surface area (Å²) in [6.07, 6.45) is -9.47. The fourth-order valence-corrected chi connectivity index (χ4v) is 4.07. The normalized spacial score (nSPS) is 19.1. The lowest BCUT2D eigenvalue weighted by atomic mass is 9.84. The van der Waals surface area contributed by atoms with Crippen molar-refractivity contribution in [3.05, 3.63) is 23.8 Å². The van der Waals surface area contributed by atoms with E-state index < -0.39 is 23.5 Å². The van der Waals surface area contributed by atoms with Crippen molar-refractivity contribution in [1.82, 2.24) is 0 Å². The van der Waals surface area contributed by atoms with Gasteiger partial charge in [-0.1, -0.05) is 12.5 Å². The highest BCUT2D eigenvalue weighted by Gasteiger charge is 2.71. The lowest BCUT2D eigenvalue weighted by Crippen LogP contribution is -2.54. The van der Waals surface area contributed by atoms with Gasteiger partial charge < -0.3 is 10.0 Å². The summed E-state index contributed by atoms with van der Waals surface area (Å²) in [6.45, 7) is 0.342. The zero-order valence-electron chi connectivity index (χ0n) is 13.3. The number of amides is 1. The van der Waals surface area contributed by atoms with Crippen LogP contribution in [0.3, 0.4) is 0 Å². The maximum absolute atomic E-state index is 13.0. The quantitative estimate of drug-likeness (QED) is 0.757. The molecule has 1 aromatic rings. The standard InChI is InChI=1S/C16H15F6NO2S/c17-15(18,19)14(25,16(20,21)22)10-4-5-11-12(8-10)26-7-6-23(11)13(24)9-2-1-3-9/h4-5,8-9,25H,1-3,6-7H2. The van der Waals surface area contributed by atoms with Crippen LogP contribution in [0.1, 0.15) is 24.8 Å². The van der Waals surface area contributed by atoms with Gasteiger partial charge in [-0.05, 0) is 25.0 Å². The molecule has 144 valence electrons. The molecule has 0 atom stereocenters. The minimum Gasteiger partial charge on any atom is -0.369 e. The van der Waals surface area contributed by atoms with E-state index in [0.29, 0.717) is 24.4 Å². The molecule has 3 nitrogen and oxygen atoms in total. The first-order valence-electron chi connectivity index (χ1n) is 7.91. The molecule has 1 aliphatic heterocycles. The average Bonchev–Trinajstić information content (AvgIpc) is 2.49. The molecule has 1 heterocycles. The highest BCUT2D eigenvalue weighted by Crippen LogP contribution is 2.51. The van der Waals surface area contributed by atoms with Gasteiger partial charge in [-0.3, -0.25) is 4.79 Å². The van der Waals surface area contributed by atoms with Gasteiger partial charge in [-0.15, -0.1) is 11.8 Å². The summed E-state index contributed by atoms with van der Waals surface area (Å²) in [5, 5.41) is 9.53. The third-order valence-corrected chi connectivity index (χ3v) is 5.81. The number of hydrogen-bond acceptors (Lipinski definition) is 3. The molecule has 1 N–H and O–H groups in total. The van der Waals surface area contributed by atoms with E-state index in [1.165, 1.54) is 4.90 Å². The van der Waals surface area contributed by atoms with Crippen LogP contribution in [-0.2, 0) is 10.4 Å². The van der Waals surface area contributed by atoms with Crippen LogP contribution in [0, 0.1) is 5.92 Å². The topological polar surface area (TPSA) is 40.5 Å². The predicted octanol–water partition coefficient (Wildman–Crippen LogP) is 4.24. The molecule has 1 amide bonds. The van der Waals surface area contributed by atoms with Gasteiger partial charge in [0.25, 0.3) is 5.60 Å². The number of benzene rings is 1. The minimum absolute atomic E-state index is 0.119. The number of halogens is 6. The first kappa shape index (κ1) is 19.3. The second kappa shape index (κ2) is 6.33. The number of anilines is 1. The third kappa shape index (κ3) is 2.96. The molecular formula is C16H15F6NO2S. The van der Waals surface area contributed by atoms with Crippen LogP contribution in [0.15, 0.2) is 23.1 Å². The molecule has 2 aliphatic rings. The Bertz CT molecular complexity index is 700. The van der Waals surface area contributed by atoms with Gasteiger partial charge in [0, 0.05) is 28.7 Å². The Labute approximate surface area is 149 Å². The largest absolute Gasteiger partial charge is 0.430 e. The molecule has 0 aromatic heterocycles. The van der Waals surface area contributed by atoms with Gasteiger partial charge in [0.15, 0.2) is 0 Å². The second-order valence-corrected chi connectivity index (χ2v) is 7.49. The molecule has 1 aromatic carbocycles. The van der Waals surface area contributed by atoms with Crippen LogP contribution < -0.4 is 4.90 Å². The zero-order valence-corrected chi connectivity index (χ0v) is 14.1. The summed E-state index contributed by atoms with van der Waals surface area (Å²) in [7, 11) is 0. The van der Waals surface area contributed by atoms with Gasteiger partial charge in [0.1, 0.15) is 0 Å². The molecule has 0 unspecified atom stereocenters. The average molecular weight is 399 g/mol. The highest BCUT2D eigenvalue weighted by molar-refractivity contribution is 7.99. The summed E-state index contributed by atoms with van der Waals surface area (Å²) in [6, 6.07) is 2.32. The summed E-state index contributed by atoms with van der Waals surface area (Å²) in [5.74, 6) is 0.0473. The van der Waals surface area contributed by atoms with E-state index in [-0.39, 0.29) is 22.4 Å². The number of rotatable bonds is 2. The molecule has 10 heteroatoms. The summed E-state index contributed by atoms with van der Waals surface area (Å²) < 4.78 is 78.2. The van der Waals surface area contributed by atoms with E-state index >= 15 is 0 Å². The van der Waals surface area contributed by atoms with Crippen LogP contribution in [0.2, 0.25) is 0 Å². The molecule has 0 saturated heterocycles. The first-order valence-corrected chi connectivity index (χ1v) is 8.90. The Morgan fingerprint density at radius 2 is 1.73 bits per heavy atom. The van der Waals surface area contributed by atoms with Crippen molar-refractivity contribution in [3.8, 4) is 0 Å². The van der Waals surface area contributed by atoms with Crippen LogP contribution in [0.4, 0.5) is 32.0 Å². The molecule has 0 spiro atoms. The SMILES string of the molecule is O=C(C1CCC1)N1CCSc2cc(C(O)(C(F)(F)F)C(F)(F)F)ccc21. The monoisotopic (exact) mass is 399 g/mol. The number of hydrogen-bond donors (Lipinski definition) is 1. The molecule has 3 rings (SSSR count). The van der Waals surface area contributed by atoms with Crippen LogP contribution in [0.5, 0.6) is 0 Å². The Morgan fingerprint density at radius 1 is 1.12 bits per heavy atom. The number of fused-ring (bicyclic) bond motifs is 1. The summed E-state index contributed by atoms with van der Waals surface area (Å²) >= 11 is 1.06. The Hall–Kier alpha value is -1.42. The fraction of sp³-hybridized carbons (Fsp3) is 0.562. The van der Waals surface area contributed by atoms with Crippen LogP contribution in [0.25, 0.3) is 0 Å². The third-order valence-electron chi connectivity index (χ3n) is 4.78. The highest BCUT2D eigenvalue weighted by atomic mass is 32.2. The van der Waals surface area contributed by atoms with Gasteiger partial charge in [0.2, 0.25) is 5.91 Å². The summed E-state index contributed by atoms with van der Waals surface area (Å²) in [4.78, 5) is 14.0. The van der Waals surface area contributed by atoms with Crippen molar-refractivity contribution in [3.63, 3.8) is 0 Å². The van der Waals surface area contributed by atoms with E-state index in [2.05, 4.69) is 0 Å². The lowest BCUT2D eigenvalue weighted by Gasteiger charge is -2.36. The molecule has 1 fully saturated rings. The van der Waals surface area contributed by atoms with E-state index in [0.717, 1.165) is 37.1 Å². The summed E-state index contributed by atoms with van der Waals surface area (Å²) in [5.41, 5.74) is -5.98. The van der Waals surface area contributed by atoms with Crippen molar-refractivity contribution in [1.29, 1.82) is 0 Å². The molecule has 1 saturated carbocycles. The van der Waals surface area contributed by atoms with E-state index in [1.807, 2.05) is 0 Å². The maximum Gasteiger partial charge on any atom is 0.430 e.